The lowest BCUT2D eigenvalue weighted by atomic mass is 10.1. The average molecular weight is 250 g/mol. The zero-order valence-corrected chi connectivity index (χ0v) is 12.4. The van der Waals surface area contributed by atoms with Gasteiger partial charge in [-0.1, -0.05) is 62.5 Å². The second kappa shape index (κ2) is 5.04. The van der Waals surface area contributed by atoms with Gasteiger partial charge in [0.15, 0.2) is 0 Å². The molecule has 0 heterocycles. The number of carbonyl (C=O) groups is 1. The van der Waals surface area contributed by atoms with Gasteiger partial charge in [0.2, 0.25) is 0 Å². The molecule has 0 amide bonds. The minimum absolute atomic E-state index is 0.0125. The van der Waals surface area contributed by atoms with Crippen LogP contribution < -0.4 is 5.19 Å². The largest absolute Gasteiger partial charge is 0.469 e. The van der Waals surface area contributed by atoms with Gasteiger partial charge in [-0.3, -0.25) is 4.79 Å². The molecule has 0 spiro atoms. The number of methoxy groups -OCH3 is 1. The highest BCUT2D eigenvalue weighted by molar-refractivity contribution is 6.92. The molecule has 1 rings (SSSR count). The normalized spacial score (nSPS) is 12.3. The lowest BCUT2D eigenvalue weighted by molar-refractivity contribution is -0.141. The van der Waals surface area contributed by atoms with Crippen LogP contribution in [-0.4, -0.2) is 21.2 Å². The van der Waals surface area contributed by atoms with E-state index in [1.165, 1.54) is 12.3 Å². The Morgan fingerprint density at radius 3 is 2.24 bits per heavy atom. The molecular formula is C14H22O2Si. The Kier molecular flexibility index (Phi) is 4.15. The van der Waals surface area contributed by atoms with Gasteiger partial charge < -0.3 is 4.74 Å². The zero-order chi connectivity index (χ0) is 13.1. The van der Waals surface area contributed by atoms with Gasteiger partial charge in [-0.25, -0.2) is 0 Å². The Labute approximate surface area is 105 Å². The first-order valence-corrected chi connectivity index (χ1v) is 8.93. The van der Waals surface area contributed by atoms with Crippen molar-refractivity contribution in [3.8, 4) is 0 Å². The minimum atomic E-state index is -1.69. The van der Waals surface area contributed by atoms with Crippen LogP contribution in [0.2, 0.25) is 18.1 Å². The third-order valence-corrected chi connectivity index (χ3v) is 9.34. The molecule has 0 saturated carbocycles. The van der Waals surface area contributed by atoms with Crippen molar-refractivity contribution in [3.05, 3.63) is 30.3 Å². The van der Waals surface area contributed by atoms with Crippen molar-refractivity contribution in [1.82, 2.24) is 0 Å². The van der Waals surface area contributed by atoms with Crippen LogP contribution in [0, 0.1) is 0 Å². The molecule has 0 saturated heterocycles. The van der Waals surface area contributed by atoms with Crippen LogP contribution in [0.3, 0.4) is 0 Å². The van der Waals surface area contributed by atoms with Crippen LogP contribution in [0.4, 0.5) is 0 Å². The van der Waals surface area contributed by atoms with E-state index in [1.807, 2.05) is 6.07 Å². The van der Waals surface area contributed by atoms with E-state index in [1.54, 1.807) is 0 Å². The quantitative estimate of drug-likeness (QED) is 0.606. The SMILES string of the molecule is COC(=O)CC(C)(C)[Si](C)(C)c1ccccc1. The molecule has 0 unspecified atom stereocenters. The van der Waals surface area contributed by atoms with Gasteiger partial charge in [-0.15, -0.1) is 0 Å². The van der Waals surface area contributed by atoms with Crippen molar-refractivity contribution < 1.29 is 9.53 Å². The van der Waals surface area contributed by atoms with E-state index in [2.05, 4.69) is 51.2 Å². The summed E-state index contributed by atoms with van der Waals surface area (Å²) in [7, 11) is -0.233. The van der Waals surface area contributed by atoms with Crippen LogP contribution in [0.15, 0.2) is 30.3 Å². The second-order valence-electron chi connectivity index (χ2n) is 5.63. The van der Waals surface area contributed by atoms with Crippen molar-refractivity contribution in [3.63, 3.8) is 0 Å². The smallest absolute Gasteiger partial charge is 0.305 e. The highest BCUT2D eigenvalue weighted by atomic mass is 28.3. The van der Waals surface area contributed by atoms with Crippen LogP contribution >= 0.6 is 0 Å². The van der Waals surface area contributed by atoms with Gasteiger partial charge in [-0.05, 0) is 5.04 Å². The molecule has 0 atom stereocenters. The molecular weight excluding hydrogens is 228 g/mol. The summed E-state index contributed by atoms with van der Waals surface area (Å²) in [6.45, 7) is 8.96. The van der Waals surface area contributed by atoms with E-state index in [0.717, 1.165) is 0 Å². The standard InChI is InChI=1S/C14H22O2Si/c1-14(2,11-13(15)16-3)17(4,5)12-9-7-6-8-10-12/h6-10H,11H2,1-5H3. The van der Waals surface area contributed by atoms with Crippen LogP contribution in [0.25, 0.3) is 0 Å². The average Bonchev–Trinajstić information content (AvgIpc) is 2.29. The van der Waals surface area contributed by atoms with Gasteiger partial charge in [0.25, 0.3) is 0 Å². The Bertz CT molecular complexity index is 382. The molecule has 1 aromatic carbocycles. The highest BCUT2D eigenvalue weighted by Crippen LogP contribution is 2.40. The molecule has 94 valence electrons. The van der Waals surface area contributed by atoms with E-state index in [9.17, 15) is 4.79 Å². The van der Waals surface area contributed by atoms with Crippen molar-refractivity contribution in [2.75, 3.05) is 7.11 Å². The van der Waals surface area contributed by atoms with Crippen molar-refractivity contribution in [2.45, 2.75) is 38.4 Å². The molecule has 3 heteroatoms. The number of carbonyl (C=O) groups excluding carboxylic acids is 1. The Morgan fingerprint density at radius 1 is 1.24 bits per heavy atom. The summed E-state index contributed by atoms with van der Waals surface area (Å²) in [5.41, 5.74) is 0. The summed E-state index contributed by atoms with van der Waals surface area (Å²) in [6.07, 6.45) is 0.484. The summed E-state index contributed by atoms with van der Waals surface area (Å²) < 4.78 is 4.80. The molecule has 0 fully saturated rings. The maximum Gasteiger partial charge on any atom is 0.305 e. The highest BCUT2D eigenvalue weighted by Gasteiger charge is 2.41. The zero-order valence-electron chi connectivity index (χ0n) is 11.4. The molecule has 0 bridgehead atoms. The molecule has 0 aliphatic heterocycles. The van der Waals surface area contributed by atoms with Crippen LogP contribution in [0.5, 0.6) is 0 Å². The van der Waals surface area contributed by atoms with Gasteiger partial charge in [0.05, 0.1) is 15.2 Å². The summed E-state index contributed by atoms with van der Waals surface area (Å²) in [5.74, 6) is -0.119. The summed E-state index contributed by atoms with van der Waals surface area (Å²) in [6, 6.07) is 10.5. The van der Waals surface area contributed by atoms with Gasteiger partial charge >= 0.3 is 5.97 Å². The van der Waals surface area contributed by atoms with E-state index in [0.29, 0.717) is 6.42 Å². The van der Waals surface area contributed by atoms with Crippen molar-refractivity contribution >= 4 is 19.2 Å². The maximum absolute atomic E-state index is 11.5. The molecule has 1 aromatic rings. The fourth-order valence-electron chi connectivity index (χ4n) is 1.90. The number of benzene rings is 1. The summed E-state index contributed by atoms with van der Waals surface area (Å²) in [5, 5.41) is 1.37. The third-order valence-electron chi connectivity index (χ3n) is 4.00. The topological polar surface area (TPSA) is 26.3 Å². The Morgan fingerprint density at radius 2 is 1.76 bits per heavy atom. The van der Waals surface area contributed by atoms with Gasteiger partial charge in [0, 0.05) is 6.42 Å². The molecule has 0 aliphatic rings. The molecule has 0 aliphatic carbocycles. The summed E-state index contributed by atoms with van der Waals surface area (Å²) >= 11 is 0. The number of ether oxygens (including phenoxy) is 1. The number of esters is 1. The Balaban J connectivity index is 3.00. The second-order valence-corrected chi connectivity index (χ2v) is 10.8. The first-order valence-electron chi connectivity index (χ1n) is 5.93. The predicted octanol–water partition coefficient (Wildman–Crippen LogP) is 2.95. The fourth-order valence-corrected chi connectivity index (χ4v) is 4.29. The van der Waals surface area contributed by atoms with Crippen molar-refractivity contribution in [1.29, 1.82) is 0 Å². The molecule has 0 aromatic heterocycles. The lowest BCUT2D eigenvalue weighted by Gasteiger charge is -2.39. The van der Waals surface area contributed by atoms with E-state index >= 15 is 0 Å². The first-order chi connectivity index (χ1) is 7.81. The fraction of sp³-hybridized carbons (Fsp3) is 0.500. The van der Waals surface area contributed by atoms with E-state index < -0.39 is 8.07 Å². The monoisotopic (exact) mass is 250 g/mol. The van der Waals surface area contributed by atoms with E-state index in [-0.39, 0.29) is 11.0 Å². The van der Waals surface area contributed by atoms with Crippen molar-refractivity contribution in [2.24, 2.45) is 0 Å². The molecule has 2 nitrogen and oxygen atoms in total. The van der Waals surface area contributed by atoms with Gasteiger partial charge in [-0.2, -0.15) is 0 Å². The minimum Gasteiger partial charge on any atom is -0.469 e. The number of hydrogen-bond donors (Lipinski definition) is 0. The lowest BCUT2D eigenvalue weighted by Crippen LogP contribution is -2.51. The van der Waals surface area contributed by atoms with Gasteiger partial charge in [0.1, 0.15) is 0 Å². The predicted molar refractivity (Wildman–Crippen MR) is 74.2 cm³/mol. The number of hydrogen-bond acceptors (Lipinski definition) is 2. The Hall–Kier alpha value is -1.09. The number of rotatable bonds is 4. The van der Waals surface area contributed by atoms with Crippen LogP contribution in [0.1, 0.15) is 20.3 Å². The van der Waals surface area contributed by atoms with Crippen LogP contribution in [-0.2, 0) is 9.53 Å². The molecule has 0 radical (unpaired) electrons. The molecule has 17 heavy (non-hydrogen) atoms. The van der Waals surface area contributed by atoms with E-state index in [4.69, 9.17) is 4.74 Å². The third kappa shape index (κ3) is 2.97. The summed E-state index contributed by atoms with van der Waals surface area (Å²) in [4.78, 5) is 11.5. The molecule has 0 N–H and O–H groups in total. The first kappa shape index (κ1) is 14.0. The maximum atomic E-state index is 11.5.